The van der Waals surface area contributed by atoms with E-state index in [2.05, 4.69) is 15.0 Å². The molecule has 0 aliphatic rings. The highest BCUT2D eigenvalue weighted by Crippen LogP contribution is 2.18. The first-order valence-electron chi connectivity index (χ1n) is 8.10. The van der Waals surface area contributed by atoms with Gasteiger partial charge in [-0.3, -0.25) is 13.9 Å². The molecular weight excluding hydrogens is 352 g/mol. The molecule has 2 heterocycles. The van der Waals surface area contributed by atoms with Crippen molar-refractivity contribution < 1.29 is 8.42 Å². The smallest absolute Gasteiger partial charge is 0.258 e. The molecule has 3 aromatic rings. The fraction of sp³-hybridized carbons (Fsp3) is 0.222. The number of hydrogen-bond donors (Lipinski definition) is 2. The number of rotatable bonds is 6. The summed E-state index contributed by atoms with van der Waals surface area (Å²) in [6, 6.07) is 14.0. The van der Waals surface area contributed by atoms with Crippen LogP contribution in [-0.2, 0) is 16.6 Å². The predicted molar refractivity (Wildman–Crippen MR) is 102 cm³/mol. The quantitative estimate of drug-likeness (QED) is 0.690. The van der Waals surface area contributed by atoms with Gasteiger partial charge in [-0.15, -0.1) is 0 Å². The SMILES string of the molecule is CC(NCc1cc(=O)n2ccccc2n1)c1cccc(NS(C)(=O)=O)c1. The zero-order valence-corrected chi connectivity index (χ0v) is 15.3. The number of hydrogen-bond acceptors (Lipinski definition) is 5. The number of benzene rings is 1. The first-order chi connectivity index (χ1) is 12.3. The van der Waals surface area contributed by atoms with Crippen LogP contribution in [0.1, 0.15) is 24.2 Å². The Labute approximate surface area is 151 Å². The molecule has 8 heteroatoms. The molecule has 3 rings (SSSR count). The van der Waals surface area contributed by atoms with Gasteiger partial charge >= 0.3 is 0 Å². The van der Waals surface area contributed by atoms with E-state index < -0.39 is 10.0 Å². The zero-order chi connectivity index (χ0) is 18.7. The highest BCUT2D eigenvalue weighted by atomic mass is 32.2. The molecule has 0 spiro atoms. The van der Waals surface area contributed by atoms with Crippen molar-refractivity contribution in [3.05, 3.63) is 76.3 Å². The maximum Gasteiger partial charge on any atom is 0.258 e. The van der Waals surface area contributed by atoms with E-state index in [0.29, 0.717) is 23.6 Å². The number of anilines is 1. The lowest BCUT2D eigenvalue weighted by Crippen LogP contribution is -2.22. The minimum Gasteiger partial charge on any atom is -0.305 e. The summed E-state index contributed by atoms with van der Waals surface area (Å²) in [5.41, 5.74) is 2.57. The molecule has 0 aliphatic carbocycles. The molecule has 0 radical (unpaired) electrons. The fourth-order valence-corrected chi connectivity index (χ4v) is 3.21. The second-order valence-corrected chi connectivity index (χ2v) is 7.87. The van der Waals surface area contributed by atoms with E-state index in [9.17, 15) is 13.2 Å². The highest BCUT2D eigenvalue weighted by molar-refractivity contribution is 7.92. The summed E-state index contributed by atoms with van der Waals surface area (Å²) in [7, 11) is -3.32. The summed E-state index contributed by atoms with van der Waals surface area (Å²) in [5, 5.41) is 3.31. The van der Waals surface area contributed by atoms with Gasteiger partial charge in [0.25, 0.3) is 5.56 Å². The van der Waals surface area contributed by atoms with E-state index in [-0.39, 0.29) is 11.6 Å². The number of fused-ring (bicyclic) bond motifs is 1. The molecule has 0 saturated heterocycles. The first-order valence-corrected chi connectivity index (χ1v) is 9.99. The summed E-state index contributed by atoms with van der Waals surface area (Å²) in [4.78, 5) is 16.6. The Hall–Kier alpha value is -2.71. The Morgan fingerprint density at radius 1 is 1.15 bits per heavy atom. The molecule has 1 atom stereocenters. The van der Waals surface area contributed by atoms with Gasteiger partial charge in [-0.25, -0.2) is 13.4 Å². The third-order valence-electron chi connectivity index (χ3n) is 3.90. The van der Waals surface area contributed by atoms with Crippen LogP contribution in [0.3, 0.4) is 0 Å². The molecule has 0 bridgehead atoms. The highest BCUT2D eigenvalue weighted by Gasteiger charge is 2.09. The zero-order valence-electron chi connectivity index (χ0n) is 14.5. The lowest BCUT2D eigenvalue weighted by atomic mass is 10.1. The van der Waals surface area contributed by atoms with Gasteiger partial charge < -0.3 is 5.32 Å². The molecule has 1 unspecified atom stereocenters. The number of pyridine rings is 1. The van der Waals surface area contributed by atoms with E-state index in [0.717, 1.165) is 11.8 Å². The van der Waals surface area contributed by atoms with Crippen molar-refractivity contribution in [2.45, 2.75) is 19.5 Å². The molecule has 1 aromatic carbocycles. The molecule has 0 amide bonds. The second-order valence-electron chi connectivity index (χ2n) is 6.12. The predicted octanol–water partition coefficient (Wildman–Crippen LogP) is 1.92. The third kappa shape index (κ3) is 4.47. The first kappa shape index (κ1) is 18.1. The van der Waals surface area contributed by atoms with Gasteiger partial charge in [0.15, 0.2) is 0 Å². The van der Waals surface area contributed by atoms with Gasteiger partial charge in [0.1, 0.15) is 5.65 Å². The van der Waals surface area contributed by atoms with Gasteiger partial charge in [-0.05, 0) is 36.8 Å². The molecule has 0 saturated carbocycles. The topological polar surface area (TPSA) is 92.6 Å². The molecule has 0 aliphatic heterocycles. The third-order valence-corrected chi connectivity index (χ3v) is 4.51. The summed E-state index contributed by atoms with van der Waals surface area (Å²) in [6.07, 6.45) is 2.80. The van der Waals surface area contributed by atoms with E-state index in [1.54, 1.807) is 36.5 Å². The van der Waals surface area contributed by atoms with Crippen molar-refractivity contribution in [2.75, 3.05) is 11.0 Å². The molecule has 2 aromatic heterocycles. The Morgan fingerprint density at radius 3 is 2.73 bits per heavy atom. The number of nitrogens with one attached hydrogen (secondary N) is 2. The van der Waals surface area contributed by atoms with Crippen LogP contribution in [0.25, 0.3) is 5.65 Å². The molecule has 7 nitrogen and oxygen atoms in total. The van der Waals surface area contributed by atoms with Crippen molar-refractivity contribution in [1.82, 2.24) is 14.7 Å². The van der Waals surface area contributed by atoms with Crippen LogP contribution in [0, 0.1) is 0 Å². The number of nitrogens with zero attached hydrogens (tertiary/aromatic N) is 2. The van der Waals surface area contributed by atoms with E-state index >= 15 is 0 Å². The minimum absolute atomic E-state index is 0.0488. The maximum atomic E-state index is 12.1. The van der Waals surface area contributed by atoms with E-state index in [1.807, 2.05) is 19.1 Å². The average Bonchev–Trinajstić information content (AvgIpc) is 2.58. The van der Waals surface area contributed by atoms with E-state index in [4.69, 9.17) is 0 Å². The van der Waals surface area contributed by atoms with Gasteiger partial charge in [0, 0.05) is 30.5 Å². The van der Waals surface area contributed by atoms with Crippen LogP contribution in [0.4, 0.5) is 5.69 Å². The molecule has 136 valence electrons. The van der Waals surface area contributed by atoms with Crippen molar-refractivity contribution in [2.24, 2.45) is 0 Å². The Morgan fingerprint density at radius 2 is 1.96 bits per heavy atom. The second kappa shape index (κ2) is 7.27. The number of aromatic nitrogens is 2. The van der Waals surface area contributed by atoms with E-state index in [1.165, 1.54) is 10.5 Å². The normalized spacial score (nSPS) is 12.8. The van der Waals surface area contributed by atoms with Gasteiger partial charge in [0.2, 0.25) is 10.0 Å². The minimum atomic E-state index is -3.32. The van der Waals surface area contributed by atoms with Gasteiger partial charge in [-0.2, -0.15) is 0 Å². The fourth-order valence-electron chi connectivity index (χ4n) is 2.65. The molecule has 26 heavy (non-hydrogen) atoms. The molecule has 2 N–H and O–H groups in total. The van der Waals surface area contributed by atoms with Gasteiger partial charge in [-0.1, -0.05) is 18.2 Å². The Bertz CT molecular complexity index is 1090. The van der Waals surface area contributed by atoms with Crippen LogP contribution in [-0.4, -0.2) is 24.1 Å². The molecule has 0 fully saturated rings. The monoisotopic (exact) mass is 372 g/mol. The van der Waals surface area contributed by atoms with Crippen LogP contribution >= 0.6 is 0 Å². The average molecular weight is 372 g/mol. The number of sulfonamides is 1. The van der Waals surface area contributed by atoms with Gasteiger partial charge in [0.05, 0.1) is 11.9 Å². The summed E-state index contributed by atoms with van der Waals surface area (Å²) in [6.45, 7) is 2.39. The van der Waals surface area contributed by atoms with Crippen molar-refractivity contribution in [1.29, 1.82) is 0 Å². The van der Waals surface area contributed by atoms with Crippen molar-refractivity contribution >= 4 is 21.4 Å². The Balaban J connectivity index is 1.74. The van der Waals surface area contributed by atoms with Crippen LogP contribution in [0.15, 0.2) is 59.5 Å². The lowest BCUT2D eigenvalue weighted by molar-refractivity contribution is 0.567. The maximum absolute atomic E-state index is 12.1. The summed E-state index contributed by atoms with van der Waals surface area (Å²) >= 11 is 0. The van der Waals surface area contributed by atoms with Crippen molar-refractivity contribution in [3.63, 3.8) is 0 Å². The van der Waals surface area contributed by atoms with Crippen LogP contribution in [0.2, 0.25) is 0 Å². The molecular formula is C18H20N4O3S. The largest absolute Gasteiger partial charge is 0.305 e. The Kier molecular flexibility index (Phi) is 5.06. The summed E-state index contributed by atoms with van der Waals surface area (Å²) in [5.74, 6) is 0. The lowest BCUT2D eigenvalue weighted by Gasteiger charge is -2.15. The summed E-state index contributed by atoms with van der Waals surface area (Å²) < 4.78 is 26.7. The van der Waals surface area contributed by atoms with Crippen molar-refractivity contribution in [3.8, 4) is 0 Å². The van der Waals surface area contributed by atoms with Crippen LogP contribution in [0.5, 0.6) is 0 Å². The van der Waals surface area contributed by atoms with Crippen LogP contribution < -0.4 is 15.6 Å². The standard InChI is InChI=1S/C18H20N4O3S/c1-13(14-6-5-7-15(10-14)21-26(2,24)25)19-12-16-11-18(23)22-9-4-3-8-17(22)20-16/h3-11,13,19,21H,12H2,1-2H3.